The van der Waals surface area contributed by atoms with Gasteiger partial charge in [-0.15, -0.1) is 0 Å². The molecule has 0 spiro atoms. The minimum absolute atomic E-state index is 0.712. The topological polar surface area (TPSA) is 9.23 Å². The highest BCUT2D eigenvalue weighted by atomic mass is 16.5. The average molecular weight is 226 g/mol. The third kappa shape index (κ3) is 2.50. The van der Waals surface area contributed by atoms with Crippen molar-refractivity contribution in [1.29, 1.82) is 0 Å². The lowest BCUT2D eigenvalue weighted by molar-refractivity contribution is 0.340. The Kier molecular flexibility index (Phi) is 3.48. The van der Waals surface area contributed by atoms with Crippen molar-refractivity contribution < 1.29 is 4.74 Å². The number of rotatable bonds is 3. The normalized spacial score (nSPS) is 10.3. The van der Waals surface area contributed by atoms with Crippen molar-refractivity contribution in [1.82, 2.24) is 0 Å². The van der Waals surface area contributed by atoms with Crippen molar-refractivity contribution in [2.75, 3.05) is 6.61 Å². The standard InChI is InChI=1S/C16H18O/c1-4-17-15-10-12(2)16(13(3)11-15)14-8-6-5-7-9-14/h5-11H,4H2,1-3H3. The number of benzene rings is 2. The molecule has 0 aromatic heterocycles. The zero-order valence-corrected chi connectivity index (χ0v) is 10.7. The first-order valence-corrected chi connectivity index (χ1v) is 6.02. The molecule has 0 saturated carbocycles. The molecule has 0 N–H and O–H groups in total. The number of ether oxygens (including phenoxy) is 1. The van der Waals surface area contributed by atoms with Crippen molar-refractivity contribution >= 4 is 0 Å². The maximum Gasteiger partial charge on any atom is 0.119 e. The van der Waals surface area contributed by atoms with Gasteiger partial charge in [0.05, 0.1) is 6.61 Å². The zero-order chi connectivity index (χ0) is 12.3. The van der Waals surface area contributed by atoms with Gasteiger partial charge in [-0.25, -0.2) is 0 Å². The van der Waals surface area contributed by atoms with Crippen LogP contribution in [0.3, 0.4) is 0 Å². The van der Waals surface area contributed by atoms with Gasteiger partial charge in [0.2, 0.25) is 0 Å². The van der Waals surface area contributed by atoms with E-state index < -0.39 is 0 Å². The summed E-state index contributed by atoms with van der Waals surface area (Å²) in [6.45, 7) is 7.00. The molecule has 2 aromatic rings. The van der Waals surface area contributed by atoms with Gasteiger partial charge in [-0.2, -0.15) is 0 Å². The molecule has 0 radical (unpaired) electrons. The minimum Gasteiger partial charge on any atom is -0.494 e. The summed E-state index contributed by atoms with van der Waals surface area (Å²) in [5, 5.41) is 0. The van der Waals surface area contributed by atoms with Crippen molar-refractivity contribution in [2.24, 2.45) is 0 Å². The van der Waals surface area contributed by atoms with Crippen LogP contribution in [0.4, 0.5) is 0 Å². The van der Waals surface area contributed by atoms with E-state index in [0.717, 1.165) is 5.75 Å². The summed E-state index contributed by atoms with van der Waals surface area (Å²) in [6.07, 6.45) is 0. The van der Waals surface area contributed by atoms with Gasteiger partial charge in [0, 0.05) is 0 Å². The van der Waals surface area contributed by atoms with Crippen LogP contribution in [0.15, 0.2) is 42.5 Å². The minimum atomic E-state index is 0.712. The third-order valence-corrected chi connectivity index (χ3v) is 2.88. The molecular formula is C16H18O. The predicted octanol–water partition coefficient (Wildman–Crippen LogP) is 4.37. The van der Waals surface area contributed by atoms with Gasteiger partial charge in [0.15, 0.2) is 0 Å². The summed E-state index contributed by atoms with van der Waals surface area (Å²) in [5.41, 5.74) is 5.11. The molecule has 2 aromatic carbocycles. The Morgan fingerprint density at radius 2 is 1.53 bits per heavy atom. The number of hydrogen-bond acceptors (Lipinski definition) is 1. The number of aryl methyl sites for hydroxylation is 2. The second-order valence-corrected chi connectivity index (χ2v) is 4.23. The lowest BCUT2D eigenvalue weighted by Crippen LogP contribution is -1.95. The molecule has 0 fully saturated rings. The molecule has 0 aliphatic rings. The lowest BCUT2D eigenvalue weighted by atomic mass is 9.95. The van der Waals surface area contributed by atoms with E-state index in [1.54, 1.807) is 0 Å². The molecule has 0 atom stereocenters. The van der Waals surface area contributed by atoms with E-state index in [4.69, 9.17) is 4.74 Å². The second kappa shape index (κ2) is 5.05. The molecule has 0 heterocycles. The van der Waals surface area contributed by atoms with Crippen LogP contribution in [0.2, 0.25) is 0 Å². The summed E-state index contributed by atoms with van der Waals surface area (Å²) in [6, 6.07) is 14.7. The lowest BCUT2D eigenvalue weighted by Gasteiger charge is -2.13. The molecule has 2 rings (SSSR count). The third-order valence-electron chi connectivity index (χ3n) is 2.88. The second-order valence-electron chi connectivity index (χ2n) is 4.23. The van der Waals surface area contributed by atoms with Crippen LogP contribution in [-0.2, 0) is 0 Å². The van der Waals surface area contributed by atoms with Crippen LogP contribution in [-0.4, -0.2) is 6.61 Å². The average Bonchev–Trinajstić information content (AvgIpc) is 2.30. The molecule has 0 bridgehead atoms. The SMILES string of the molecule is CCOc1cc(C)c(-c2ccccc2)c(C)c1. The smallest absolute Gasteiger partial charge is 0.119 e. The van der Waals surface area contributed by atoms with Gasteiger partial charge in [-0.05, 0) is 55.2 Å². The first-order valence-electron chi connectivity index (χ1n) is 6.02. The predicted molar refractivity (Wildman–Crippen MR) is 72.5 cm³/mol. The van der Waals surface area contributed by atoms with E-state index in [9.17, 15) is 0 Å². The van der Waals surface area contributed by atoms with Crippen molar-refractivity contribution in [3.05, 3.63) is 53.6 Å². The van der Waals surface area contributed by atoms with Crippen LogP contribution < -0.4 is 4.74 Å². The van der Waals surface area contributed by atoms with Crippen LogP contribution >= 0.6 is 0 Å². The molecule has 0 aliphatic heterocycles. The molecule has 0 unspecified atom stereocenters. The van der Waals surface area contributed by atoms with Crippen molar-refractivity contribution in [3.63, 3.8) is 0 Å². The largest absolute Gasteiger partial charge is 0.494 e. The molecule has 1 nitrogen and oxygen atoms in total. The molecule has 1 heteroatoms. The Morgan fingerprint density at radius 3 is 2.06 bits per heavy atom. The fourth-order valence-electron chi connectivity index (χ4n) is 2.23. The Hall–Kier alpha value is -1.76. The van der Waals surface area contributed by atoms with Crippen LogP contribution in [0.1, 0.15) is 18.1 Å². The van der Waals surface area contributed by atoms with Crippen LogP contribution in [0, 0.1) is 13.8 Å². The monoisotopic (exact) mass is 226 g/mol. The molecule has 0 amide bonds. The maximum atomic E-state index is 5.56. The maximum absolute atomic E-state index is 5.56. The molecule has 88 valence electrons. The molecule has 17 heavy (non-hydrogen) atoms. The number of hydrogen-bond donors (Lipinski definition) is 0. The highest BCUT2D eigenvalue weighted by Gasteiger charge is 2.07. The first-order chi connectivity index (χ1) is 8.22. The van der Waals surface area contributed by atoms with Gasteiger partial charge < -0.3 is 4.74 Å². The summed E-state index contributed by atoms with van der Waals surface area (Å²) < 4.78 is 5.56. The van der Waals surface area contributed by atoms with Gasteiger partial charge in [-0.1, -0.05) is 30.3 Å². The van der Waals surface area contributed by atoms with Gasteiger partial charge in [-0.3, -0.25) is 0 Å². The van der Waals surface area contributed by atoms with E-state index in [1.807, 2.05) is 13.0 Å². The zero-order valence-electron chi connectivity index (χ0n) is 10.7. The van der Waals surface area contributed by atoms with E-state index in [1.165, 1.54) is 22.3 Å². The van der Waals surface area contributed by atoms with Crippen LogP contribution in [0.5, 0.6) is 5.75 Å². The Balaban J connectivity index is 2.49. The van der Waals surface area contributed by atoms with E-state index in [0.29, 0.717) is 6.61 Å². The summed E-state index contributed by atoms with van der Waals surface area (Å²) in [4.78, 5) is 0. The van der Waals surface area contributed by atoms with Gasteiger partial charge in [0.25, 0.3) is 0 Å². The van der Waals surface area contributed by atoms with E-state index in [-0.39, 0.29) is 0 Å². The fourth-order valence-corrected chi connectivity index (χ4v) is 2.23. The highest BCUT2D eigenvalue weighted by Crippen LogP contribution is 2.30. The fraction of sp³-hybridized carbons (Fsp3) is 0.250. The summed E-state index contributed by atoms with van der Waals surface area (Å²) >= 11 is 0. The summed E-state index contributed by atoms with van der Waals surface area (Å²) in [7, 11) is 0. The molecule has 0 aliphatic carbocycles. The molecule has 0 saturated heterocycles. The van der Waals surface area contributed by atoms with Gasteiger partial charge in [0.1, 0.15) is 5.75 Å². The van der Waals surface area contributed by atoms with Crippen LogP contribution in [0.25, 0.3) is 11.1 Å². The Bertz CT molecular complexity index is 477. The molecular weight excluding hydrogens is 208 g/mol. The first kappa shape index (κ1) is 11.7. The van der Waals surface area contributed by atoms with E-state index >= 15 is 0 Å². The highest BCUT2D eigenvalue weighted by molar-refractivity contribution is 5.71. The van der Waals surface area contributed by atoms with E-state index in [2.05, 4.69) is 50.2 Å². The van der Waals surface area contributed by atoms with Gasteiger partial charge >= 0.3 is 0 Å². The quantitative estimate of drug-likeness (QED) is 0.755. The van der Waals surface area contributed by atoms with Crippen molar-refractivity contribution in [2.45, 2.75) is 20.8 Å². The van der Waals surface area contributed by atoms with Crippen molar-refractivity contribution in [3.8, 4) is 16.9 Å². The Morgan fingerprint density at radius 1 is 0.941 bits per heavy atom. The summed E-state index contributed by atoms with van der Waals surface area (Å²) in [5.74, 6) is 0.960. The Labute approximate surface area is 103 Å².